The molecule has 1 N–H and O–H groups in total. The molecule has 0 aliphatic rings. The van der Waals surface area contributed by atoms with E-state index in [-0.39, 0.29) is 11.3 Å². The molecule has 0 bridgehead atoms. The lowest BCUT2D eigenvalue weighted by molar-refractivity contribution is -0.153. The predicted octanol–water partition coefficient (Wildman–Crippen LogP) is 3.94. The average molecular weight is 497 g/mol. The molecule has 180 valence electrons. The zero-order chi connectivity index (χ0) is 24.8. The minimum atomic E-state index is -3.65. The van der Waals surface area contributed by atoms with Crippen molar-refractivity contribution in [3.63, 3.8) is 0 Å². The molecule has 2 aromatic rings. The molecule has 2 rings (SSSR count). The number of aryl methyl sites for hydroxylation is 2. The maximum atomic E-state index is 12.5. The van der Waals surface area contributed by atoms with E-state index < -0.39 is 28.0 Å². The molecule has 0 saturated carbocycles. The van der Waals surface area contributed by atoms with E-state index in [4.69, 9.17) is 21.1 Å². The van der Waals surface area contributed by atoms with Gasteiger partial charge in [0, 0.05) is 31.2 Å². The lowest BCUT2D eigenvalue weighted by Crippen LogP contribution is -2.30. The summed E-state index contributed by atoms with van der Waals surface area (Å²) in [6.45, 7) is 5.38. The van der Waals surface area contributed by atoms with Gasteiger partial charge in [0.25, 0.3) is 5.91 Å². The molecule has 1 amide bonds. The van der Waals surface area contributed by atoms with Crippen molar-refractivity contribution in [2.45, 2.75) is 44.6 Å². The smallest absolute Gasteiger partial charge is 0.306 e. The summed E-state index contributed by atoms with van der Waals surface area (Å²) in [5, 5.41) is 3.25. The number of anilines is 1. The van der Waals surface area contributed by atoms with Gasteiger partial charge in [0.05, 0.1) is 11.5 Å². The van der Waals surface area contributed by atoms with Crippen molar-refractivity contribution in [2.75, 3.05) is 26.0 Å². The van der Waals surface area contributed by atoms with E-state index >= 15 is 0 Å². The van der Waals surface area contributed by atoms with E-state index in [0.717, 1.165) is 9.87 Å². The van der Waals surface area contributed by atoms with Crippen LogP contribution in [0.3, 0.4) is 0 Å². The highest BCUT2D eigenvalue weighted by Gasteiger charge is 2.21. The van der Waals surface area contributed by atoms with Gasteiger partial charge in [-0.25, -0.2) is 12.7 Å². The summed E-state index contributed by atoms with van der Waals surface area (Å²) in [5.41, 5.74) is 1.90. The van der Waals surface area contributed by atoms with Crippen molar-refractivity contribution in [2.24, 2.45) is 0 Å². The van der Waals surface area contributed by atoms with Crippen LogP contribution in [0.4, 0.5) is 5.69 Å². The van der Waals surface area contributed by atoms with Crippen LogP contribution in [-0.2, 0) is 24.3 Å². The number of hydrogen-bond acceptors (Lipinski definition) is 6. The largest absolute Gasteiger partial charge is 0.493 e. The summed E-state index contributed by atoms with van der Waals surface area (Å²) in [6, 6.07) is 9.74. The topological polar surface area (TPSA) is 102 Å². The lowest BCUT2D eigenvalue weighted by atomic mass is 10.2. The SMILES string of the molecule is Cc1ccc(S(=O)(=O)N(C)C)cc1NC(=O)C(C)OC(=O)CCCOc1ccc(Cl)cc1C. The highest BCUT2D eigenvalue weighted by atomic mass is 35.5. The quantitative estimate of drug-likeness (QED) is 0.395. The Morgan fingerprint density at radius 3 is 2.42 bits per heavy atom. The second kappa shape index (κ2) is 11.5. The van der Waals surface area contributed by atoms with Gasteiger partial charge in [-0.2, -0.15) is 0 Å². The number of ether oxygens (including phenoxy) is 2. The fraction of sp³-hybridized carbons (Fsp3) is 0.391. The number of carbonyl (C=O) groups excluding carboxylic acids is 2. The van der Waals surface area contributed by atoms with E-state index in [0.29, 0.717) is 35.1 Å². The van der Waals surface area contributed by atoms with Crippen LogP contribution < -0.4 is 10.1 Å². The van der Waals surface area contributed by atoms with Crippen LogP contribution in [0.15, 0.2) is 41.3 Å². The third kappa shape index (κ3) is 7.45. The molecule has 8 nitrogen and oxygen atoms in total. The predicted molar refractivity (Wildman–Crippen MR) is 127 cm³/mol. The minimum absolute atomic E-state index is 0.0500. The molecule has 0 radical (unpaired) electrons. The molecule has 0 aromatic heterocycles. The number of esters is 1. The normalized spacial score (nSPS) is 12.3. The summed E-state index contributed by atoms with van der Waals surface area (Å²) < 4.78 is 36.6. The fourth-order valence-corrected chi connectivity index (χ4v) is 3.98. The molecule has 0 aliphatic heterocycles. The molecule has 1 unspecified atom stereocenters. The highest BCUT2D eigenvalue weighted by molar-refractivity contribution is 7.89. The zero-order valence-electron chi connectivity index (χ0n) is 19.3. The molecule has 0 heterocycles. The Balaban J connectivity index is 1.87. The van der Waals surface area contributed by atoms with Gasteiger partial charge in [-0.3, -0.25) is 9.59 Å². The number of sulfonamides is 1. The first kappa shape index (κ1) is 26.6. The van der Waals surface area contributed by atoms with Crippen LogP contribution in [-0.4, -0.2) is 51.4 Å². The standard InChI is InChI=1S/C23H29ClN2O6S/c1-15-8-10-19(33(29,30)26(4)5)14-20(15)25-23(28)17(3)32-22(27)7-6-12-31-21-11-9-18(24)13-16(21)2/h8-11,13-14,17H,6-7,12H2,1-5H3,(H,25,28). The molecule has 33 heavy (non-hydrogen) atoms. The van der Waals surface area contributed by atoms with Crippen molar-refractivity contribution < 1.29 is 27.5 Å². The van der Waals surface area contributed by atoms with Gasteiger partial charge in [-0.05, 0) is 68.7 Å². The van der Waals surface area contributed by atoms with Crippen molar-refractivity contribution in [1.29, 1.82) is 0 Å². The maximum Gasteiger partial charge on any atom is 0.306 e. The third-order valence-electron chi connectivity index (χ3n) is 4.84. The van der Waals surface area contributed by atoms with Crippen molar-refractivity contribution in [1.82, 2.24) is 4.31 Å². The number of amides is 1. The van der Waals surface area contributed by atoms with Gasteiger partial charge in [0.2, 0.25) is 10.0 Å². The summed E-state index contributed by atoms with van der Waals surface area (Å²) in [7, 11) is -0.796. The molecule has 0 spiro atoms. The van der Waals surface area contributed by atoms with Gasteiger partial charge >= 0.3 is 5.97 Å². The number of nitrogens with one attached hydrogen (secondary N) is 1. The number of halogens is 1. The van der Waals surface area contributed by atoms with Crippen LogP contribution >= 0.6 is 11.6 Å². The van der Waals surface area contributed by atoms with Gasteiger partial charge in [0.15, 0.2) is 6.10 Å². The van der Waals surface area contributed by atoms with E-state index in [2.05, 4.69) is 5.32 Å². The van der Waals surface area contributed by atoms with Gasteiger partial charge in [-0.1, -0.05) is 17.7 Å². The zero-order valence-corrected chi connectivity index (χ0v) is 20.9. The highest BCUT2D eigenvalue weighted by Crippen LogP contribution is 2.23. The Morgan fingerprint density at radius 1 is 1.09 bits per heavy atom. The maximum absolute atomic E-state index is 12.5. The second-order valence-corrected chi connectivity index (χ2v) is 10.3. The van der Waals surface area contributed by atoms with Crippen LogP contribution in [0, 0.1) is 13.8 Å². The van der Waals surface area contributed by atoms with Gasteiger partial charge in [0.1, 0.15) is 5.75 Å². The number of benzene rings is 2. The lowest BCUT2D eigenvalue weighted by Gasteiger charge is -2.17. The number of nitrogens with zero attached hydrogens (tertiary/aromatic N) is 1. The number of rotatable bonds is 10. The Hall–Kier alpha value is -2.62. The molecule has 2 aromatic carbocycles. The number of carbonyl (C=O) groups is 2. The van der Waals surface area contributed by atoms with Crippen molar-refractivity contribution in [3.8, 4) is 5.75 Å². The summed E-state index contributed by atoms with van der Waals surface area (Å²) in [6.07, 6.45) is -0.552. The van der Waals surface area contributed by atoms with Gasteiger partial charge < -0.3 is 14.8 Å². The van der Waals surface area contributed by atoms with Crippen molar-refractivity contribution in [3.05, 3.63) is 52.5 Å². The molecule has 0 aliphatic carbocycles. The van der Waals surface area contributed by atoms with Crippen LogP contribution in [0.5, 0.6) is 5.75 Å². The molecule has 0 saturated heterocycles. The molecule has 0 fully saturated rings. The first-order chi connectivity index (χ1) is 15.4. The second-order valence-electron chi connectivity index (χ2n) is 7.75. The first-order valence-corrected chi connectivity index (χ1v) is 12.2. The van der Waals surface area contributed by atoms with Crippen LogP contribution in [0.25, 0.3) is 0 Å². The Kier molecular flexibility index (Phi) is 9.27. The minimum Gasteiger partial charge on any atom is -0.493 e. The monoisotopic (exact) mass is 496 g/mol. The van der Waals surface area contributed by atoms with Crippen LogP contribution in [0.2, 0.25) is 5.02 Å². The Labute approximate surface area is 199 Å². The van der Waals surface area contributed by atoms with Crippen molar-refractivity contribution >= 4 is 39.2 Å². The average Bonchev–Trinajstić information content (AvgIpc) is 2.73. The van der Waals surface area contributed by atoms with E-state index in [1.54, 1.807) is 31.2 Å². The van der Waals surface area contributed by atoms with E-state index in [9.17, 15) is 18.0 Å². The summed E-state index contributed by atoms with van der Waals surface area (Å²) in [4.78, 5) is 24.6. The summed E-state index contributed by atoms with van der Waals surface area (Å²) in [5.74, 6) is -0.400. The Morgan fingerprint density at radius 2 is 1.79 bits per heavy atom. The molecular formula is C23H29ClN2O6S. The van der Waals surface area contributed by atoms with Crippen LogP contribution in [0.1, 0.15) is 30.9 Å². The van der Waals surface area contributed by atoms with E-state index in [1.165, 1.54) is 33.2 Å². The van der Waals surface area contributed by atoms with Gasteiger partial charge in [-0.15, -0.1) is 0 Å². The first-order valence-electron chi connectivity index (χ1n) is 10.3. The Bertz CT molecular complexity index is 1120. The fourth-order valence-electron chi connectivity index (χ4n) is 2.82. The van der Waals surface area contributed by atoms with E-state index in [1.807, 2.05) is 6.92 Å². The third-order valence-corrected chi connectivity index (χ3v) is 6.89. The molecule has 1 atom stereocenters. The number of hydrogen-bond donors (Lipinski definition) is 1. The molecular weight excluding hydrogens is 468 g/mol. The molecule has 10 heteroatoms. The summed E-state index contributed by atoms with van der Waals surface area (Å²) >= 11 is 5.92.